The van der Waals surface area contributed by atoms with Gasteiger partial charge in [0, 0.05) is 17.9 Å². The summed E-state index contributed by atoms with van der Waals surface area (Å²) in [7, 11) is 0. The topological polar surface area (TPSA) is 89.4 Å². The zero-order valence-corrected chi connectivity index (χ0v) is 22.2. The number of hydrogen-bond acceptors (Lipinski definition) is 6. The van der Waals surface area contributed by atoms with Gasteiger partial charge in [0.05, 0.1) is 0 Å². The van der Waals surface area contributed by atoms with Crippen LogP contribution in [0.25, 0.3) is 11.1 Å². The van der Waals surface area contributed by atoms with Crippen LogP contribution in [-0.4, -0.2) is 36.5 Å². The zero-order chi connectivity index (χ0) is 28.7. The van der Waals surface area contributed by atoms with Crippen LogP contribution in [0.1, 0.15) is 48.9 Å². The predicted octanol–water partition coefficient (Wildman–Crippen LogP) is 6.66. The molecule has 0 unspecified atom stereocenters. The van der Waals surface area contributed by atoms with Crippen molar-refractivity contribution in [1.29, 1.82) is 0 Å². The molecule has 2 aliphatic rings. The number of carbonyl (C=O) groups excluding carboxylic acids is 2. The van der Waals surface area contributed by atoms with Crippen molar-refractivity contribution in [1.82, 2.24) is 5.32 Å². The summed E-state index contributed by atoms with van der Waals surface area (Å²) in [5.41, 5.74) is 1.30. The van der Waals surface area contributed by atoms with Crippen LogP contribution >= 0.6 is 0 Å². The van der Waals surface area contributed by atoms with Crippen LogP contribution in [0.15, 0.2) is 83.0 Å². The Hall–Kier alpha value is -4.21. The largest absolute Gasteiger partial charge is 0.458 e. The quantitative estimate of drug-likeness (QED) is 0.333. The van der Waals surface area contributed by atoms with Gasteiger partial charge in [0.25, 0.3) is 0 Å². The number of hydrogen-bond donors (Lipinski definition) is 1. The molecule has 7 nitrogen and oxygen atoms in total. The summed E-state index contributed by atoms with van der Waals surface area (Å²) in [6.07, 6.45) is -5.47. The lowest BCUT2D eigenvalue weighted by atomic mass is 9.98. The fourth-order valence-electron chi connectivity index (χ4n) is 4.90. The van der Waals surface area contributed by atoms with Crippen molar-refractivity contribution in [3.05, 3.63) is 95.1 Å². The highest BCUT2D eigenvalue weighted by molar-refractivity contribution is 5.82. The lowest BCUT2D eigenvalue weighted by Crippen LogP contribution is -2.46. The molecule has 0 fully saturated rings. The normalized spacial score (nSPS) is 16.1. The lowest BCUT2D eigenvalue weighted by molar-refractivity contribution is -0.166. The third kappa shape index (κ3) is 5.43. The average molecular weight is 552 g/mol. The molecule has 3 aromatic rings. The van der Waals surface area contributed by atoms with Crippen LogP contribution in [0.2, 0.25) is 0 Å². The summed E-state index contributed by atoms with van der Waals surface area (Å²) in [4.78, 5) is 25.9. The fourth-order valence-corrected chi connectivity index (χ4v) is 4.90. The number of ether oxygens (including phenoxy) is 2. The number of rotatable bonds is 7. The molecule has 0 saturated heterocycles. The number of carbonyl (C=O) groups is 2. The number of esters is 1. The molecule has 1 aliphatic carbocycles. The van der Waals surface area contributed by atoms with Gasteiger partial charge in [-0.15, -0.1) is 10.2 Å². The Kier molecular flexibility index (Phi) is 6.89. The lowest BCUT2D eigenvalue weighted by Gasteiger charge is -2.25. The van der Waals surface area contributed by atoms with Crippen molar-refractivity contribution >= 4 is 12.1 Å². The van der Waals surface area contributed by atoms with E-state index < -0.39 is 35.5 Å². The Morgan fingerprint density at radius 1 is 0.900 bits per heavy atom. The van der Waals surface area contributed by atoms with E-state index in [1.165, 1.54) is 24.3 Å². The van der Waals surface area contributed by atoms with E-state index in [2.05, 4.69) is 15.5 Å². The number of halogens is 3. The highest BCUT2D eigenvalue weighted by atomic mass is 19.4. The summed E-state index contributed by atoms with van der Waals surface area (Å²) in [6.45, 7) is 5.15. The van der Waals surface area contributed by atoms with Gasteiger partial charge in [0.15, 0.2) is 0 Å². The first-order chi connectivity index (χ1) is 18.9. The van der Waals surface area contributed by atoms with E-state index in [0.717, 1.165) is 22.3 Å². The summed E-state index contributed by atoms with van der Waals surface area (Å²) in [5.74, 6) is -0.853. The molecule has 0 radical (unpaired) electrons. The van der Waals surface area contributed by atoms with E-state index in [1.807, 2.05) is 48.5 Å². The molecule has 0 saturated carbocycles. The molecule has 5 rings (SSSR count). The van der Waals surface area contributed by atoms with Gasteiger partial charge in [0.2, 0.25) is 0 Å². The minimum atomic E-state index is -4.64. The first-order valence-electron chi connectivity index (χ1n) is 12.8. The zero-order valence-electron chi connectivity index (χ0n) is 22.2. The molecule has 0 aromatic heterocycles. The standard InChI is InChI=1S/C30H28F3N3O4/c1-28(2,3)40-26(37)25(16-18-12-14-19(15-13-18)29(35-36-29)30(31,32)33)34-27(38)39-17-24-22-10-6-4-8-20(22)21-9-5-7-11-23(21)24/h4-15,24-25H,16-17H2,1-3H3,(H,34,38)/t25-/m0/s1. The third-order valence-corrected chi connectivity index (χ3v) is 6.82. The second kappa shape index (κ2) is 10.1. The second-order valence-corrected chi connectivity index (χ2v) is 10.8. The van der Waals surface area contributed by atoms with Gasteiger partial charge < -0.3 is 14.8 Å². The number of benzene rings is 3. The second-order valence-electron chi connectivity index (χ2n) is 10.8. The molecule has 10 heteroatoms. The Morgan fingerprint density at radius 2 is 1.45 bits per heavy atom. The molecule has 40 heavy (non-hydrogen) atoms. The highest BCUT2D eigenvalue weighted by Crippen LogP contribution is 2.52. The number of alkyl halides is 3. The number of alkyl carbamates (subject to hydrolysis) is 1. The van der Waals surface area contributed by atoms with Crippen molar-refractivity contribution in [2.24, 2.45) is 10.2 Å². The molecule has 1 N–H and O–H groups in total. The van der Waals surface area contributed by atoms with Gasteiger partial charge in [-0.1, -0.05) is 72.8 Å². The molecule has 1 aliphatic heterocycles. The average Bonchev–Trinajstić information content (AvgIpc) is 3.65. The van der Waals surface area contributed by atoms with E-state index in [0.29, 0.717) is 5.56 Å². The molecule has 1 atom stereocenters. The minimum absolute atomic E-state index is 0.0211. The Balaban J connectivity index is 1.28. The third-order valence-electron chi connectivity index (χ3n) is 6.82. The summed E-state index contributed by atoms with van der Waals surface area (Å²) < 4.78 is 51.1. The van der Waals surface area contributed by atoms with Gasteiger partial charge in [-0.05, 0) is 48.6 Å². The van der Waals surface area contributed by atoms with Crippen LogP contribution in [0.4, 0.5) is 18.0 Å². The van der Waals surface area contributed by atoms with Crippen LogP contribution in [-0.2, 0) is 26.4 Å². The number of nitrogens with zero attached hydrogens (tertiary/aromatic N) is 2. The molecule has 208 valence electrons. The maximum absolute atomic E-state index is 13.3. The van der Waals surface area contributed by atoms with Gasteiger partial charge in [0.1, 0.15) is 18.2 Å². The summed E-state index contributed by atoms with van der Waals surface area (Å²) >= 11 is 0. The molecule has 1 amide bonds. The molecule has 3 aromatic carbocycles. The summed E-state index contributed by atoms with van der Waals surface area (Å²) in [5, 5.41) is 9.00. The number of fused-ring (bicyclic) bond motifs is 3. The number of nitrogens with one attached hydrogen (secondary N) is 1. The smallest absolute Gasteiger partial charge is 0.442 e. The van der Waals surface area contributed by atoms with Crippen molar-refractivity contribution in [3.8, 4) is 11.1 Å². The number of amides is 1. The molecule has 1 heterocycles. The van der Waals surface area contributed by atoms with E-state index in [9.17, 15) is 22.8 Å². The minimum Gasteiger partial charge on any atom is -0.458 e. The van der Waals surface area contributed by atoms with Crippen LogP contribution < -0.4 is 5.32 Å². The Labute approximate surface area is 229 Å². The maximum Gasteiger partial charge on any atom is 0.442 e. The van der Waals surface area contributed by atoms with E-state index >= 15 is 0 Å². The predicted molar refractivity (Wildman–Crippen MR) is 141 cm³/mol. The Bertz CT molecular complexity index is 1410. The Morgan fingerprint density at radius 3 is 1.95 bits per heavy atom. The van der Waals surface area contributed by atoms with Crippen LogP contribution in [0.5, 0.6) is 0 Å². The van der Waals surface area contributed by atoms with Gasteiger partial charge >= 0.3 is 23.9 Å². The van der Waals surface area contributed by atoms with E-state index in [-0.39, 0.29) is 24.5 Å². The summed E-state index contributed by atoms with van der Waals surface area (Å²) in [6, 6.07) is 20.1. The monoisotopic (exact) mass is 551 g/mol. The van der Waals surface area contributed by atoms with Gasteiger partial charge in [-0.3, -0.25) is 0 Å². The van der Waals surface area contributed by atoms with Crippen LogP contribution in [0, 0.1) is 0 Å². The molecular weight excluding hydrogens is 523 g/mol. The van der Waals surface area contributed by atoms with Crippen molar-refractivity contribution < 1.29 is 32.2 Å². The first kappa shape index (κ1) is 27.4. The van der Waals surface area contributed by atoms with Crippen LogP contribution in [0.3, 0.4) is 0 Å². The molecular formula is C30H28F3N3O4. The van der Waals surface area contributed by atoms with E-state index in [4.69, 9.17) is 9.47 Å². The van der Waals surface area contributed by atoms with Crippen molar-refractivity contribution in [3.63, 3.8) is 0 Å². The fraction of sp³-hybridized carbons (Fsp3) is 0.333. The molecule has 0 spiro atoms. The van der Waals surface area contributed by atoms with E-state index in [1.54, 1.807) is 20.8 Å². The van der Waals surface area contributed by atoms with Gasteiger partial charge in [-0.2, -0.15) is 13.2 Å². The van der Waals surface area contributed by atoms with Crippen molar-refractivity contribution in [2.75, 3.05) is 6.61 Å². The molecule has 0 bridgehead atoms. The van der Waals surface area contributed by atoms with Crippen molar-refractivity contribution in [2.45, 2.75) is 56.6 Å². The SMILES string of the molecule is CC(C)(C)OC(=O)[C@H](Cc1ccc(C2(C(F)(F)F)N=N2)cc1)NC(=O)OCC1c2ccccc2-c2ccccc21. The maximum atomic E-state index is 13.3. The first-order valence-corrected chi connectivity index (χ1v) is 12.8. The highest BCUT2D eigenvalue weighted by Gasteiger charge is 2.65. The van der Waals surface area contributed by atoms with Gasteiger partial charge in [-0.25, -0.2) is 9.59 Å².